The first-order valence-corrected chi connectivity index (χ1v) is 21.1. The average Bonchev–Trinajstić information content (AvgIpc) is 3.23. The molecule has 0 aliphatic carbocycles. The van der Waals surface area contributed by atoms with Crippen molar-refractivity contribution in [3.8, 4) is 11.5 Å². The van der Waals surface area contributed by atoms with Gasteiger partial charge in [0.1, 0.15) is 46.0 Å². The molecule has 0 radical (unpaired) electrons. The van der Waals surface area contributed by atoms with Gasteiger partial charge in [0.2, 0.25) is 17.7 Å². The van der Waals surface area contributed by atoms with Crippen molar-refractivity contribution in [2.24, 2.45) is 0 Å². The van der Waals surface area contributed by atoms with Crippen LogP contribution in [0, 0.1) is 11.6 Å². The van der Waals surface area contributed by atoms with Gasteiger partial charge in [0.15, 0.2) is 0 Å². The molecule has 4 aromatic rings. The SMILES string of the molecule is COc1ccc(F)cc1C(=O)c1cnc(NC2CCN(C(=O)OC(C)(C)C)CC2)nc1N.COc1ccc(F)cc1C(=S)c1cnc(NC2CCN(C(=O)OC(C)(C)C)CC2)nc1N. The third kappa shape index (κ3) is 13.3. The van der Waals surface area contributed by atoms with Gasteiger partial charge in [-0.05, 0) is 104 Å². The fourth-order valence-electron chi connectivity index (χ4n) is 6.72. The fourth-order valence-corrected chi connectivity index (χ4v) is 7.03. The number of piperidine rings is 2. The number of hydrogen-bond donors (Lipinski definition) is 4. The normalized spacial score (nSPS) is 14.7. The molecule has 0 saturated carbocycles. The summed E-state index contributed by atoms with van der Waals surface area (Å²) in [5.74, 6) is -0.0455. The topological polar surface area (TPSA) is 222 Å². The van der Waals surface area contributed by atoms with Crippen molar-refractivity contribution in [3.63, 3.8) is 0 Å². The highest BCUT2D eigenvalue weighted by atomic mass is 32.1. The Labute approximate surface area is 376 Å². The molecule has 2 aliphatic rings. The van der Waals surface area contributed by atoms with E-state index in [0.717, 1.165) is 18.9 Å². The number of aromatic nitrogens is 4. The number of nitrogen functional groups attached to an aromatic ring is 2. The number of methoxy groups -OCH3 is 2. The number of likely N-dealkylation sites (tertiary alicyclic amines) is 2. The Morgan fingerprint density at radius 3 is 1.44 bits per heavy atom. The lowest BCUT2D eigenvalue weighted by atomic mass is 10.0. The van der Waals surface area contributed by atoms with Crippen LogP contribution in [0.5, 0.6) is 11.5 Å². The molecule has 6 N–H and O–H groups in total. The number of nitrogens with zero attached hydrogens (tertiary/aromatic N) is 6. The van der Waals surface area contributed by atoms with E-state index >= 15 is 0 Å². The highest BCUT2D eigenvalue weighted by molar-refractivity contribution is 7.81. The Kier molecular flexibility index (Phi) is 15.8. The number of carbonyl (C=O) groups excluding carboxylic acids is 3. The van der Waals surface area contributed by atoms with Crippen molar-refractivity contribution >= 4 is 58.6 Å². The van der Waals surface area contributed by atoms with E-state index in [4.69, 9.17) is 42.6 Å². The lowest BCUT2D eigenvalue weighted by Gasteiger charge is -2.33. The van der Waals surface area contributed by atoms with Crippen molar-refractivity contribution in [1.82, 2.24) is 29.7 Å². The molecular formula is C44H56F2N10O7S. The lowest BCUT2D eigenvalue weighted by Crippen LogP contribution is -2.44. The summed E-state index contributed by atoms with van der Waals surface area (Å²) in [6.45, 7) is 13.3. The Morgan fingerprint density at radius 2 is 1.05 bits per heavy atom. The smallest absolute Gasteiger partial charge is 0.410 e. The standard InChI is InChI=1S/C22H28FN5O4.C22H28FN5O3S/c1-22(2,3)32-21(30)28-9-7-14(8-10-28)26-20-25-12-16(19(24)27-20)18(29)15-11-13(23)5-6-17(15)31-4;1-22(2,3)31-21(29)28-9-7-14(8-10-28)26-20-25-12-16(19(24)27-20)18(32)15-11-13(23)5-6-17(15)30-4/h2*5-6,11-12,14H,7-10H2,1-4H3,(H3,24,25,26,27). The zero-order valence-corrected chi connectivity index (χ0v) is 38.1. The van der Waals surface area contributed by atoms with Crippen molar-refractivity contribution in [3.05, 3.63) is 82.7 Å². The number of hydrogen-bond acceptors (Lipinski definition) is 16. The quantitative estimate of drug-likeness (QED) is 0.0926. The molecule has 6 rings (SSSR count). The van der Waals surface area contributed by atoms with Crippen LogP contribution >= 0.6 is 12.2 Å². The molecule has 4 heterocycles. The van der Waals surface area contributed by atoms with E-state index in [1.165, 1.54) is 56.9 Å². The monoisotopic (exact) mass is 906 g/mol. The number of ketones is 1. The number of anilines is 4. The third-order valence-corrected chi connectivity index (χ3v) is 10.3. The maximum atomic E-state index is 13.7. The lowest BCUT2D eigenvalue weighted by molar-refractivity contribution is 0.0199. The third-order valence-electron chi connectivity index (χ3n) is 9.90. The number of benzene rings is 2. The largest absolute Gasteiger partial charge is 0.496 e. The first kappa shape index (κ1) is 48.6. The van der Waals surface area contributed by atoms with Crippen LogP contribution in [0.3, 0.4) is 0 Å². The summed E-state index contributed by atoms with van der Waals surface area (Å²) >= 11 is 5.49. The molecule has 2 saturated heterocycles. The van der Waals surface area contributed by atoms with Gasteiger partial charge in [-0.25, -0.2) is 28.3 Å². The summed E-state index contributed by atoms with van der Waals surface area (Å²) in [6, 6.07) is 7.90. The number of nitrogens with one attached hydrogen (secondary N) is 2. The van der Waals surface area contributed by atoms with Crippen LogP contribution in [0.25, 0.3) is 0 Å². The molecule has 344 valence electrons. The molecular weight excluding hydrogens is 851 g/mol. The predicted octanol–water partition coefficient (Wildman–Crippen LogP) is 7.03. The van der Waals surface area contributed by atoms with Crippen LogP contribution in [0.2, 0.25) is 0 Å². The number of carbonyl (C=O) groups is 3. The van der Waals surface area contributed by atoms with Crippen molar-refractivity contribution < 1.29 is 42.1 Å². The highest BCUT2D eigenvalue weighted by Crippen LogP contribution is 2.28. The number of rotatable bonds is 10. The highest BCUT2D eigenvalue weighted by Gasteiger charge is 2.29. The van der Waals surface area contributed by atoms with Gasteiger partial charge in [-0.2, -0.15) is 9.97 Å². The van der Waals surface area contributed by atoms with E-state index in [1.807, 2.05) is 41.5 Å². The summed E-state index contributed by atoms with van der Waals surface area (Å²) in [4.78, 5) is 57.9. The van der Waals surface area contributed by atoms with Gasteiger partial charge < -0.3 is 50.8 Å². The molecule has 0 spiro atoms. The van der Waals surface area contributed by atoms with Gasteiger partial charge in [0.25, 0.3) is 0 Å². The number of amides is 2. The van der Waals surface area contributed by atoms with Gasteiger partial charge in [0, 0.05) is 56.2 Å². The van der Waals surface area contributed by atoms with Gasteiger partial charge in [-0.1, -0.05) is 12.2 Å². The molecule has 2 fully saturated rings. The van der Waals surface area contributed by atoms with Gasteiger partial charge in [0.05, 0.1) is 35.8 Å². The Morgan fingerprint density at radius 1 is 0.656 bits per heavy atom. The van der Waals surface area contributed by atoms with E-state index in [2.05, 4.69) is 30.6 Å². The molecule has 20 heteroatoms. The van der Waals surface area contributed by atoms with Crippen LogP contribution in [0.1, 0.15) is 94.3 Å². The summed E-state index contributed by atoms with van der Waals surface area (Å²) in [5.41, 5.74) is 12.0. The van der Waals surface area contributed by atoms with Crippen LogP contribution in [0.4, 0.5) is 41.9 Å². The molecule has 2 aromatic carbocycles. The maximum absolute atomic E-state index is 13.7. The van der Waals surface area contributed by atoms with Crippen LogP contribution < -0.4 is 31.6 Å². The van der Waals surface area contributed by atoms with E-state index in [1.54, 1.807) is 9.80 Å². The van der Waals surface area contributed by atoms with Gasteiger partial charge in [-0.3, -0.25) is 4.79 Å². The van der Waals surface area contributed by atoms with Crippen LogP contribution in [0.15, 0.2) is 48.8 Å². The van der Waals surface area contributed by atoms with E-state index in [0.29, 0.717) is 66.7 Å². The fraction of sp³-hybridized carbons (Fsp3) is 0.455. The van der Waals surface area contributed by atoms with Crippen molar-refractivity contribution in [1.29, 1.82) is 0 Å². The minimum atomic E-state index is -0.565. The van der Waals surface area contributed by atoms with Crippen molar-refractivity contribution in [2.75, 3.05) is 62.5 Å². The van der Waals surface area contributed by atoms with E-state index in [9.17, 15) is 23.2 Å². The van der Waals surface area contributed by atoms with Gasteiger partial charge >= 0.3 is 12.2 Å². The molecule has 2 aliphatic heterocycles. The average molecular weight is 907 g/mol. The molecule has 0 atom stereocenters. The molecule has 0 unspecified atom stereocenters. The maximum Gasteiger partial charge on any atom is 0.410 e. The molecule has 64 heavy (non-hydrogen) atoms. The minimum absolute atomic E-state index is 0.0231. The Hall–Kier alpha value is -6.44. The second-order valence-electron chi connectivity index (χ2n) is 17.1. The Bertz CT molecular complexity index is 2170. The summed E-state index contributed by atoms with van der Waals surface area (Å²) in [6.07, 6.45) is 5.02. The zero-order valence-electron chi connectivity index (χ0n) is 37.3. The zero-order chi connectivity index (χ0) is 46.9. The second-order valence-corrected chi connectivity index (χ2v) is 17.5. The second kappa shape index (κ2) is 20.8. The molecule has 2 amide bonds. The number of thiocarbonyl (C=S) groups is 1. The number of halogens is 2. The van der Waals surface area contributed by atoms with E-state index < -0.39 is 28.6 Å². The summed E-state index contributed by atoms with van der Waals surface area (Å²) < 4.78 is 48.6. The first-order valence-electron chi connectivity index (χ1n) is 20.6. The molecule has 2 aromatic heterocycles. The summed E-state index contributed by atoms with van der Waals surface area (Å²) in [7, 11) is 2.88. The first-order chi connectivity index (χ1) is 30.1. The predicted molar refractivity (Wildman–Crippen MR) is 242 cm³/mol. The number of ether oxygens (including phenoxy) is 4. The van der Waals surface area contributed by atoms with Crippen LogP contribution in [-0.4, -0.2) is 116 Å². The van der Waals surface area contributed by atoms with E-state index in [-0.39, 0.29) is 58.7 Å². The Balaban J connectivity index is 0.000000241. The molecule has 17 nitrogen and oxygen atoms in total. The minimum Gasteiger partial charge on any atom is -0.496 e. The summed E-state index contributed by atoms with van der Waals surface area (Å²) in [5, 5.41) is 6.45. The van der Waals surface area contributed by atoms with Crippen molar-refractivity contribution in [2.45, 2.75) is 90.5 Å². The van der Waals surface area contributed by atoms with Crippen LogP contribution in [-0.2, 0) is 9.47 Å². The van der Waals surface area contributed by atoms with Gasteiger partial charge in [-0.15, -0.1) is 0 Å². The molecule has 0 bridgehead atoms. The number of nitrogens with two attached hydrogens (primary N) is 2.